The first-order valence-corrected chi connectivity index (χ1v) is 8.70. The zero-order chi connectivity index (χ0) is 19.4. The van der Waals surface area contributed by atoms with Crippen LogP contribution in [-0.4, -0.2) is 37.1 Å². The third-order valence-electron chi connectivity index (χ3n) is 4.38. The molecule has 0 N–H and O–H groups in total. The van der Waals surface area contributed by atoms with Crippen LogP contribution in [0.3, 0.4) is 0 Å². The number of nitrogens with zero attached hydrogens (tertiary/aromatic N) is 1. The Morgan fingerprint density at radius 2 is 1.89 bits per heavy atom. The molecule has 0 aliphatic carbocycles. The Morgan fingerprint density at radius 3 is 2.56 bits per heavy atom. The summed E-state index contributed by atoms with van der Waals surface area (Å²) in [7, 11) is 0. The molecule has 2 aromatic carbocycles. The molecule has 27 heavy (non-hydrogen) atoms. The number of morpholine rings is 1. The molecule has 3 rings (SSSR count). The van der Waals surface area contributed by atoms with Gasteiger partial charge < -0.3 is 14.4 Å². The maximum absolute atomic E-state index is 12.9. The molecule has 0 radical (unpaired) electrons. The molecule has 1 fully saturated rings. The number of rotatable bonds is 4. The van der Waals surface area contributed by atoms with Crippen LogP contribution in [0, 0.1) is 0 Å². The molecular weight excluding hydrogens is 359 g/mol. The van der Waals surface area contributed by atoms with Crippen LogP contribution in [-0.2, 0) is 10.9 Å². The second kappa shape index (κ2) is 8.00. The van der Waals surface area contributed by atoms with Gasteiger partial charge in [0.25, 0.3) is 5.91 Å². The highest BCUT2D eigenvalue weighted by Crippen LogP contribution is 2.31. The average molecular weight is 379 g/mol. The summed E-state index contributed by atoms with van der Waals surface area (Å²) in [6, 6.07) is 11.9. The summed E-state index contributed by atoms with van der Waals surface area (Å²) in [5.74, 6) is 0.335. The minimum absolute atomic E-state index is 0.181. The number of halogens is 3. The average Bonchev–Trinajstić information content (AvgIpc) is 2.68. The molecule has 4 nitrogen and oxygen atoms in total. The molecule has 1 heterocycles. The van der Waals surface area contributed by atoms with Crippen LogP contribution in [0.1, 0.15) is 34.5 Å². The summed E-state index contributed by atoms with van der Waals surface area (Å²) < 4.78 is 49.4. The Kier molecular flexibility index (Phi) is 5.70. The van der Waals surface area contributed by atoms with Crippen molar-refractivity contribution in [3.8, 4) is 5.75 Å². The highest BCUT2D eigenvalue weighted by Gasteiger charge is 2.31. The first kappa shape index (κ1) is 19.2. The van der Waals surface area contributed by atoms with Crippen LogP contribution < -0.4 is 4.74 Å². The van der Waals surface area contributed by atoms with Crippen molar-refractivity contribution in [2.75, 3.05) is 26.3 Å². The lowest BCUT2D eigenvalue weighted by Crippen LogP contribution is -2.42. The largest absolute Gasteiger partial charge is 0.493 e. The van der Waals surface area contributed by atoms with Crippen molar-refractivity contribution >= 4 is 5.91 Å². The van der Waals surface area contributed by atoms with Crippen molar-refractivity contribution in [3.63, 3.8) is 0 Å². The molecule has 1 aliphatic heterocycles. The molecule has 1 saturated heterocycles. The maximum Gasteiger partial charge on any atom is 0.416 e. The van der Waals surface area contributed by atoms with Crippen molar-refractivity contribution < 1.29 is 27.4 Å². The van der Waals surface area contributed by atoms with Crippen LogP contribution >= 0.6 is 0 Å². The van der Waals surface area contributed by atoms with Gasteiger partial charge in [-0.05, 0) is 36.8 Å². The van der Waals surface area contributed by atoms with Gasteiger partial charge in [0.2, 0.25) is 0 Å². The number of amides is 1. The standard InChI is InChI=1S/C20H20F3NO3/c1-2-26-17-6-4-3-5-16(17)19(25)24-11-12-27-18(13-24)14-7-9-15(10-8-14)20(21,22)23/h3-10,18H,2,11-13H2,1H3/t18-/m0/s1. The minimum Gasteiger partial charge on any atom is -0.493 e. The molecule has 0 aromatic heterocycles. The lowest BCUT2D eigenvalue weighted by Gasteiger charge is -2.33. The zero-order valence-electron chi connectivity index (χ0n) is 14.8. The number of carbonyl (C=O) groups is 1. The minimum atomic E-state index is -4.38. The maximum atomic E-state index is 12.9. The Labute approximate surface area is 155 Å². The van der Waals surface area contributed by atoms with Crippen LogP contribution in [0.15, 0.2) is 48.5 Å². The van der Waals surface area contributed by atoms with E-state index in [2.05, 4.69) is 0 Å². The lowest BCUT2D eigenvalue weighted by atomic mass is 10.0. The van der Waals surface area contributed by atoms with Crippen molar-refractivity contribution in [1.82, 2.24) is 4.90 Å². The first-order valence-electron chi connectivity index (χ1n) is 8.70. The van der Waals surface area contributed by atoms with Gasteiger partial charge in [-0.25, -0.2) is 0 Å². The zero-order valence-corrected chi connectivity index (χ0v) is 14.8. The van der Waals surface area contributed by atoms with Crippen LogP contribution in [0.5, 0.6) is 5.75 Å². The summed E-state index contributed by atoms with van der Waals surface area (Å²) in [6.45, 7) is 3.29. The van der Waals surface area contributed by atoms with E-state index in [1.165, 1.54) is 12.1 Å². The van der Waals surface area contributed by atoms with E-state index in [0.29, 0.717) is 36.6 Å². The number of carbonyl (C=O) groups excluding carboxylic acids is 1. The third kappa shape index (κ3) is 4.42. The molecule has 1 aliphatic rings. The summed E-state index contributed by atoms with van der Waals surface area (Å²) in [5.41, 5.74) is 0.367. The number of hydrogen-bond donors (Lipinski definition) is 0. The van der Waals surface area contributed by atoms with Crippen molar-refractivity contribution in [2.45, 2.75) is 19.2 Å². The molecule has 144 valence electrons. The topological polar surface area (TPSA) is 38.8 Å². The van der Waals surface area contributed by atoms with Gasteiger partial charge in [0.1, 0.15) is 11.9 Å². The Morgan fingerprint density at radius 1 is 1.19 bits per heavy atom. The van der Waals surface area contributed by atoms with Crippen LogP contribution in [0.4, 0.5) is 13.2 Å². The fourth-order valence-electron chi connectivity index (χ4n) is 3.02. The fourth-order valence-corrected chi connectivity index (χ4v) is 3.02. The van der Waals surface area contributed by atoms with Gasteiger partial charge >= 0.3 is 6.18 Å². The number of ether oxygens (including phenoxy) is 2. The summed E-state index contributed by atoms with van der Waals surface area (Å²) in [6.07, 6.45) is -4.85. The normalized spacial score (nSPS) is 17.6. The second-order valence-electron chi connectivity index (χ2n) is 6.16. The quantitative estimate of drug-likeness (QED) is 0.794. The Balaban J connectivity index is 1.75. The number of para-hydroxylation sites is 1. The van der Waals surface area contributed by atoms with Gasteiger partial charge in [0.05, 0.1) is 30.9 Å². The van der Waals surface area contributed by atoms with E-state index in [4.69, 9.17) is 9.47 Å². The van der Waals surface area contributed by atoms with Gasteiger partial charge in [0.15, 0.2) is 0 Å². The summed E-state index contributed by atoms with van der Waals surface area (Å²) in [4.78, 5) is 14.5. The summed E-state index contributed by atoms with van der Waals surface area (Å²) in [5, 5.41) is 0. The van der Waals surface area contributed by atoms with E-state index >= 15 is 0 Å². The van der Waals surface area contributed by atoms with E-state index in [9.17, 15) is 18.0 Å². The van der Waals surface area contributed by atoms with Crippen molar-refractivity contribution in [3.05, 3.63) is 65.2 Å². The molecule has 1 atom stereocenters. The number of benzene rings is 2. The second-order valence-corrected chi connectivity index (χ2v) is 6.16. The van der Waals surface area contributed by atoms with E-state index in [1.54, 1.807) is 29.2 Å². The van der Waals surface area contributed by atoms with E-state index in [1.807, 2.05) is 6.92 Å². The highest BCUT2D eigenvalue weighted by atomic mass is 19.4. The molecule has 0 spiro atoms. The van der Waals surface area contributed by atoms with Gasteiger partial charge in [0, 0.05) is 6.54 Å². The predicted molar refractivity (Wildman–Crippen MR) is 93.7 cm³/mol. The number of hydrogen-bond acceptors (Lipinski definition) is 3. The van der Waals surface area contributed by atoms with E-state index < -0.39 is 17.8 Å². The Hall–Kier alpha value is -2.54. The monoisotopic (exact) mass is 379 g/mol. The molecule has 7 heteroatoms. The predicted octanol–water partition coefficient (Wildman–Crippen LogP) is 4.32. The first-order chi connectivity index (χ1) is 12.9. The SMILES string of the molecule is CCOc1ccccc1C(=O)N1CCO[C@H](c2ccc(C(F)(F)F)cc2)C1. The van der Waals surface area contributed by atoms with Gasteiger partial charge in [-0.2, -0.15) is 13.2 Å². The van der Waals surface area contributed by atoms with Crippen molar-refractivity contribution in [2.24, 2.45) is 0 Å². The number of alkyl halides is 3. The molecule has 2 aromatic rings. The van der Waals surface area contributed by atoms with Crippen LogP contribution in [0.25, 0.3) is 0 Å². The smallest absolute Gasteiger partial charge is 0.416 e. The van der Waals surface area contributed by atoms with Gasteiger partial charge in [-0.3, -0.25) is 4.79 Å². The highest BCUT2D eigenvalue weighted by molar-refractivity contribution is 5.97. The fraction of sp³-hybridized carbons (Fsp3) is 0.350. The lowest BCUT2D eigenvalue weighted by molar-refractivity contribution is -0.137. The summed E-state index contributed by atoms with van der Waals surface area (Å²) >= 11 is 0. The molecule has 0 unspecified atom stereocenters. The molecular formula is C20H20F3NO3. The van der Waals surface area contributed by atoms with Crippen molar-refractivity contribution in [1.29, 1.82) is 0 Å². The van der Waals surface area contributed by atoms with E-state index in [-0.39, 0.29) is 12.5 Å². The molecule has 0 saturated carbocycles. The third-order valence-corrected chi connectivity index (χ3v) is 4.38. The molecule has 0 bridgehead atoms. The van der Waals surface area contributed by atoms with Crippen LogP contribution in [0.2, 0.25) is 0 Å². The molecule has 1 amide bonds. The van der Waals surface area contributed by atoms with Gasteiger partial charge in [-0.15, -0.1) is 0 Å². The Bertz CT molecular complexity index is 790. The van der Waals surface area contributed by atoms with Gasteiger partial charge in [-0.1, -0.05) is 24.3 Å². The van der Waals surface area contributed by atoms with E-state index in [0.717, 1.165) is 12.1 Å².